The number of benzene rings is 1. The van der Waals surface area contributed by atoms with Crippen LogP contribution in [0, 0.1) is 13.8 Å². The van der Waals surface area contributed by atoms with Crippen LogP contribution >= 0.6 is 0 Å². The molecule has 2 saturated carbocycles. The molecule has 1 amide bonds. The number of amides is 1. The monoisotopic (exact) mass is 352 g/mol. The van der Waals surface area contributed by atoms with Gasteiger partial charge in [0.05, 0.1) is 11.1 Å². The summed E-state index contributed by atoms with van der Waals surface area (Å²) >= 11 is 0. The Morgan fingerprint density at radius 3 is 2.42 bits per heavy atom. The molecule has 0 aliphatic heterocycles. The number of nitrogens with zero attached hydrogens (tertiary/aromatic N) is 2. The summed E-state index contributed by atoms with van der Waals surface area (Å²) < 4.78 is 0. The first-order valence-electron chi connectivity index (χ1n) is 9.34. The van der Waals surface area contributed by atoms with Gasteiger partial charge in [-0.15, -0.1) is 0 Å². The fourth-order valence-electron chi connectivity index (χ4n) is 3.73. The van der Waals surface area contributed by atoms with Gasteiger partial charge in [-0.1, -0.05) is 11.6 Å². The zero-order chi connectivity index (χ0) is 18.6. The number of rotatable bonds is 5. The molecule has 1 heterocycles. The summed E-state index contributed by atoms with van der Waals surface area (Å²) in [4.78, 5) is 31.4. The summed E-state index contributed by atoms with van der Waals surface area (Å²) in [6, 6.07) is 5.19. The van der Waals surface area contributed by atoms with Gasteiger partial charge < -0.3 is 10.0 Å². The molecule has 2 aliphatic carbocycles. The zero-order valence-electron chi connectivity index (χ0n) is 15.5. The Labute approximate surface area is 153 Å². The largest absolute Gasteiger partial charge is 0.480 e. The third kappa shape index (κ3) is 2.96. The average molecular weight is 352 g/mol. The van der Waals surface area contributed by atoms with E-state index < -0.39 is 12.0 Å². The topological polar surface area (TPSA) is 70.5 Å². The molecule has 5 heteroatoms. The molecule has 1 unspecified atom stereocenters. The molecule has 0 radical (unpaired) electrons. The predicted molar refractivity (Wildman–Crippen MR) is 99.5 cm³/mol. The first-order chi connectivity index (χ1) is 12.4. The van der Waals surface area contributed by atoms with Gasteiger partial charge in [-0.05, 0) is 64.2 Å². The minimum Gasteiger partial charge on any atom is -0.480 e. The molecule has 1 N–H and O–H groups in total. The van der Waals surface area contributed by atoms with Crippen molar-refractivity contribution in [3.8, 4) is 0 Å². The van der Waals surface area contributed by atoms with Gasteiger partial charge in [0.25, 0.3) is 5.91 Å². The van der Waals surface area contributed by atoms with E-state index in [4.69, 9.17) is 4.98 Å². The number of aromatic nitrogens is 1. The Morgan fingerprint density at radius 2 is 1.85 bits per heavy atom. The number of pyridine rings is 1. The van der Waals surface area contributed by atoms with E-state index in [1.54, 1.807) is 11.8 Å². The second kappa shape index (κ2) is 6.08. The number of hydrogen-bond donors (Lipinski definition) is 1. The van der Waals surface area contributed by atoms with Crippen LogP contribution in [0.25, 0.3) is 10.9 Å². The number of hydrogen-bond acceptors (Lipinski definition) is 3. The number of carbonyl (C=O) groups is 2. The molecule has 5 nitrogen and oxygen atoms in total. The fourth-order valence-corrected chi connectivity index (χ4v) is 3.73. The van der Waals surface area contributed by atoms with Crippen LogP contribution in [-0.2, 0) is 4.79 Å². The van der Waals surface area contributed by atoms with Crippen molar-refractivity contribution in [2.45, 2.75) is 64.5 Å². The lowest BCUT2D eigenvalue weighted by Gasteiger charge is -2.27. The van der Waals surface area contributed by atoms with Crippen molar-refractivity contribution in [3.05, 3.63) is 40.6 Å². The van der Waals surface area contributed by atoms with Gasteiger partial charge in [0, 0.05) is 23.0 Å². The quantitative estimate of drug-likeness (QED) is 0.888. The van der Waals surface area contributed by atoms with Crippen LogP contribution in [-0.4, -0.2) is 39.0 Å². The van der Waals surface area contributed by atoms with Gasteiger partial charge >= 0.3 is 5.97 Å². The highest BCUT2D eigenvalue weighted by Crippen LogP contribution is 2.41. The van der Waals surface area contributed by atoms with Gasteiger partial charge in [-0.2, -0.15) is 0 Å². The van der Waals surface area contributed by atoms with E-state index in [0.29, 0.717) is 11.5 Å². The Kier molecular flexibility index (Phi) is 3.98. The maximum Gasteiger partial charge on any atom is 0.326 e. The van der Waals surface area contributed by atoms with Crippen molar-refractivity contribution in [2.24, 2.45) is 0 Å². The van der Waals surface area contributed by atoms with E-state index in [2.05, 4.69) is 6.07 Å². The first kappa shape index (κ1) is 17.0. The lowest BCUT2D eigenvalue weighted by atomic mass is 9.99. The molecule has 4 rings (SSSR count). The predicted octanol–water partition coefficient (Wildman–Crippen LogP) is 3.81. The molecule has 1 aromatic carbocycles. The molecule has 1 atom stereocenters. The Morgan fingerprint density at radius 1 is 1.15 bits per heavy atom. The number of carbonyl (C=O) groups excluding carboxylic acids is 1. The highest BCUT2D eigenvalue weighted by atomic mass is 16.4. The maximum atomic E-state index is 13.4. The number of carboxylic acid groups (broad SMARTS) is 1. The normalized spacial score (nSPS) is 18.0. The fraction of sp³-hybridized carbons (Fsp3) is 0.476. The summed E-state index contributed by atoms with van der Waals surface area (Å²) in [6.45, 7) is 5.63. The highest BCUT2D eigenvalue weighted by molar-refractivity contribution is 6.08. The SMILES string of the molecule is Cc1cc(C)c2nc(C3CC3)cc(C(=O)N(C3CC3)C(C)C(=O)O)c2c1. The smallest absolute Gasteiger partial charge is 0.326 e. The summed E-state index contributed by atoms with van der Waals surface area (Å²) in [6.07, 6.45) is 3.96. The van der Waals surface area contributed by atoms with E-state index in [1.165, 1.54) is 0 Å². The molecule has 0 saturated heterocycles. The van der Waals surface area contributed by atoms with Crippen LogP contribution in [0.3, 0.4) is 0 Å². The Bertz CT molecular complexity index is 913. The van der Waals surface area contributed by atoms with Gasteiger partial charge in [0.2, 0.25) is 0 Å². The van der Waals surface area contributed by atoms with E-state index in [-0.39, 0.29) is 11.9 Å². The lowest BCUT2D eigenvalue weighted by molar-refractivity contribution is -0.141. The summed E-state index contributed by atoms with van der Waals surface area (Å²) in [5.41, 5.74) is 4.56. The molecule has 0 bridgehead atoms. The van der Waals surface area contributed by atoms with Gasteiger partial charge in [0.15, 0.2) is 0 Å². The third-order valence-corrected chi connectivity index (χ3v) is 5.44. The zero-order valence-corrected chi connectivity index (χ0v) is 15.5. The minimum absolute atomic E-state index is 0.0343. The maximum absolute atomic E-state index is 13.4. The molecular weight excluding hydrogens is 328 g/mol. The molecule has 2 aromatic rings. The second-order valence-electron chi connectivity index (χ2n) is 7.80. The van der Waals surface area contributed by atoms with Crippen LogP contribution in [0.5, 0.6) is 0 Å². The standard InChI is InChI=1S/C21H24N2O3/c1-11-8-12(2)19-16(9-11)17(10-18(22-19)14-4-5-14)20(24)23(15-6-7-15)13(3)21(25)26/h8-10,13-15H,4-7H2,1-3H3,(H,25,26). The summed E-state index contributed by atoms with van der Waals surface area (Å²) in [5.74, 6) is -0.710. The van der Waals surface area contributed by atoms with Crippen molar-refractivity contribution in [1.29, 1.82) is 0 Å². The number of carboxylic acids is 1. The van der Waals surface area contributed by atoms with E-state index >= 15 is 0 Å². The van der Waals surface area contributed by atoms with E-state index in [9.17, 15) is 14.7 Å². The summed E-state index contributed by atoms with van der Waals surface area (Å²) in [7, 11) is 0. The summed E-state index contributed by atoms with van der Waals surface area (Å²) in [5, 5.41) is 10.3. The van der Waals surface area contributed by atoms with Crippen LogP contribution in [0.2, 0.25) is 0 Å². The highest BCUT2D eigenvalue weighted by Gasteiger charge is 2.39. The first-order valence-corrected chi connectivity index (χ1v) is 9.34. The third-order valence-electron chi connectivity index (χ3n) is 5.44. The van der Waals surface area contributed by atoms with Crippen molar-refractivity contribution in [3.63, 3.8) is 0 Å². The molecule has 26 heavy (non-hydrogen) atoms. The second-order valence-corrected chi connectivity index (χ2v) is 7.80. The number of aryl methyl sites for hydroxylation is 2. The number of fused-ring (bicyclic) bond motifs is 1. The number of aliphatic carboxylic acids is 1. The Hall–Kier alpha value is -2.43. The van der Waals surface area contributed by atoms with Gasteiger partial charge in [-0.3, -0.25) is 9.78 Å². The van der Waals surface area contributed by atoms with Gasteiger partial charge in [0.1, 0.15) is 6.04 Å². The van der Waals surface area contributed by atoms with Crippen LogP contribution in [0.4, 0.5) is 0 Å². The van der Waals surface area contributed by atoms with Gasteiger partial charge in [-0.25, -0.2) is 4.79 Å². The van der Waals surface area contributed by atoms with Crippen LogP contribution < -0.4 is 0 Å². The van der Waals surface area contributed by atoms with E-state index in [0.717, 1.165) is 53.4 Å². The van der Waals surface area contributed by atoms with Crippen LogP contribution in [0.1, 0.15) is 65.7 Å². The van der Waals surface area contributed by atoms with Crippen LogP contribution in [0.15, 0.2) is 18.2 Å². The van der Waals surface area contributed by atoms with Crippen molar-refractivity contribution < 1.29 is 14.7 Å². The molecule has 136 valence electrons. The molecule has 0 spiro atoms. The molecular formula is C21H24N2O3. The molecule has 1 aromatic heterocycles. The molecule has 2 fully saturated rings. The minimum atomic E-state index is -0.960. The van der Waals surface area contributed by atoms with E-state index in [1.807, 2.05) is 26.0 Å². The van der Waals surface area contributed by atoms with Crippen molar-refractivity contribution in [2.75, 3.05) is 0 Å². The Balaban J connectivity index is 1.88. The van der Waals surface area contributed by atoms with Crippen molar-refractivity contribution in [1.82, 2.24) is 9.88 Å². The lowest BCUT2D eigenvalue weighted by Crippen LogP contribution is -2.44. The average Bonchev–Trinajstić information content (AvgIpc) is 3.45. The molecule has 2 aliphatic rings. The van der Waals surface area contributed by atoms with Crippen molar-refractivity contribution >= 4 is 22.8 Å².